The van der Waals surface area contributed by atoms with E-state index < -0.39 is 10.0 Å². The number of benzene rings is 2. The van der Waals surface area contributed by atoms with Crippen molar-refractivity contribution in [1.29, 1.82) is 0 Å². The molecule has 0 aliphatic heterocycles. The molecule has 2 amide bonds. The molecule has 3 aromatic rings. The van der Waals surface area contributed by atoms with E-state index in [1.54, 1.807) is 30.3 Å². The Hall–Kier alpha value is -2.65. The van der Waals surface area contributed by atoms with E-state index in [2.05, 4.69) is 20.3 Å². The third-order valence-corrected chi connectivity index (χ3v) is 7.05. The van der Waals surface area contributed by atoms with Crippen LogP contribution in [-0.4, -0.2) is 25.5 Å². The largest absolute Gasteiger partial charge is 0.335 e. The van der Waals surface area contributed by atoms with Crippen molar-refractivity contribution in [2.75, 3.05) is 10.0 Å². The van der Waals surface area contributed by atoms with E-state index in [1.165, 1.54) is 23.5 Å². The fourth-order valence-electron chi connectivity index (χ4n) is 3.25. The molecule has 0 bridgehead atoms. The summed E-state index contributed by atoms with van der Waals surface area (Å²) in [5.74, 6) is 0. The van der Waals surface area contributed by atoms with E-state index in [0.717, 1.165) is 30.4 Å². The Bertz CT molecular complexity index is 1090. The maximum absolute atomic E-state index is 12.4. The number of rotatable bonds is 5. The van der Waals surface area contributed by atoms with Gasteiger partial charge < -0.3 is 10.6 Å². The second-order valence-corrected chi connectivity index (χ2v) is 9.41. The van der Waals surface area contributed by atoms with Crippen LogP contribution in [0.15, 0.2) is 53.4 Å². The summed E-state index contributed by atoms with van der Waals surface area (Å²) >= 11 is 1.24. The smallest absolute Gasteiger partial charge is 0.319 e. The van der Waals surface area contributed by atoms with Crippen LogP contribution in [0.5, 0.6) is 0 Å². The lowest BCUT2D eigenvalue weighted by molar-refractivity contribution is 0.248. The molecule has 1 fully saturated rings. The summed E-state index contributed by atoms with van der Waals surface area (Å²) in [6, 6.07) is 13.5. The molecule has 1 aliphatic carbocycles. The number of urea groups is 1. The van der Waals surface area contributed by atoms with Gasteiger partial charge in [0.05, 0.1) is 15.1 Å². The van der Waals surface area contributed by atoms with Gasteiger partial charge >= 0.3 is 6.03 Å². The highest BCUT2D eigenvalue weighted by Crippen LogP contribution is 2.29. The van der Waals surface area contributed by atoms with Gasteiger partial charge in [-0.25, -0.2) is 18.2 Å². The fourth-order valence-corrected chi connectivity index (χ4v) is 5.35. The van der Waals surface area contributed by atoms with Crippen LogP contribution in [0.4, 0.5) is 15.6 Å². The van der Waals surface area contributed by atoms with Crippen molar-refractivity contribution in [3.63, 3.8) is 0 Å². The topological polar surface area (TPSA) is 100 Å². The molecular weight excluding hydrogens is 396 g/mol. The second kappa shape index (κ2) is 7.76. The SMILES string of the molecule is O=C(Nc1ccc2sc(NS(=O)(=O)c3ccccc3)nc2c1)NC1CCCC1. The first-order valence-electron chi connectivity index (χ1n) is 9.06. The predicted octanol–water partition coefficient (Wildman–Crippen LogP) is 4.16. The number of hydrogen-bond donors (Lipinski definition) is 3. The van der Waals surface area contributed by atoms with Gasteiger partial charge in [0.2, 0.25) is 0 Å². The lowest BCUT2D eigenvalue weighted by Gasteiger charge is -2.12. The Labute approximate surface area is 167 Å². The molecule has 0 saturated heterocycles. The number of anilines is 2. The summed E-state index contributed by atoms with van der Waals surface area (Å²) in [7, 11) is -3.69. The first-order chi connectivity index (χ1) is 13.5. The highest BCUT2D eigenvalue weighted by atomic mass is 32.2. The average molecular weight is 417 g/mol. The number of sulfonamides is 1. The molecule has 0 radical (unpaired) electrons. The molecule has 7 nitrogen and oxygen atoms in total. The molecule has 2 aromatic carbocycles. The molecule has 0 spiro atoms. The number of aromatic nitrogens is 1. The van der Waals surface area contributed by atoms with E-state index in [4.69, 9.17) is 0 Å². The van der Waals surface area contributed by atoms with Gasteiger partial charge in [-0.15, -0.1) is 0 Å². The second-order valence-electron chi connectivity index (χ2n) is 6.70. The van der Waals surface area contributed by atoms with Gasteiger partial charge in [-0.05, 0) is 43.2 Å². The Balaban J connectivity index is 1.48. The zero-order valence-corrected chi connectivity index (χ0v) is 16.6. The fraction of sp³-hybridized carbons (Fsp3) is 0.263. The Kier molecular flexibility index (Phi) is 5.19. The zero-order chi connectivity index (χ0) is 19.6. The standard InChI is InChI=1S/C19H20N4O3S2/c24-18(20-13-6-4-5-7-13)21-14-10-11-17-16(12-14)22-19(27-17)23-28(25,26)15-8-2-1-3-9-15/h1-3,8-13H,4-7H2,(H,22,23)(H2,20,21,24). The lowest BCUT2D eigenvalue weighted by Crippen LogP contribution is -2.36. The van der Waals surface area contributed by atoms with Crippen LogP contribution in [0.2, 0.25) is 0 Å². The summed E-state index contributed by atoms with van der Waals surface area (Å²) in [6.45, 7) is 0. The molecular formula is C19H20N4O3S2. The average Bonchev–Trinajstić information content (AvgIpc) is 3.30. The predicted molar refractivity (Wildman–Crippen MR) is 111 cm³/mol. The molecule has 4 rings (SSSR count). The molecule has 146 valence electrons. The van der Waals surface area contributed by atoms with Crippen molar-refractivity contribution in [3.8, 4) is 0 Å². The Morgan fingerprint density at radius 1 is 1.07 bits per heavy atom. The van der Waals surface area contributed by atoms with Crippen LogP contribution in [0, 0.1) is 0 Å². The van der Waals surface area contributed by atoms with Crippen molar-refractivity contribution in [2.45, 2.75) is 36.6 Å². The highest BCUT2D eigenvalue weighted by molar-refractivity contribution is 7.93. The van der Waals surface area contributed by atoms with Gasteiger partial charge in [0.1, 0.15) is 0 Å². The minimum atomic E-state index is -3.69. The summed E-state index contributed by atoms with van der Waals surface area (Å²) < 4.78 is 28.2. The number of fused-ring (bicyclic) bond motifs is 1. The van der Waals surface area contributed by atoms with E-state index >= 15 is 0 Å². The van der Waals surface area contributed by atoms with Crippen LogP contribution >= 0.6 is 11.3 Å². The van der Waals surface area contributed by atoms with Gasteiger partial charge in [0.15, 0.2) is 5.13 Å². The minimum Gasteiger partial charge on any atom is -0.335 e. The molecule has 1 aromatic heterocycles. The van der Waals surface area contributed by atoms with Crippen molar-refractivity contribution in [3.05, 3.63) is 48.5 Å². The van der Waals surface area contributed by atoms with Crippen LogP contribution in [0.1, 0.15) is 25.7 Å². The Morgan fingerprint density at radius 2 is 1.82 bits per heavy atom. The maximum Gasteiger partial charge on any atom is 0.319 e. The molecule has 0 atom stereocenters. The third kappa shape index (κ3) is 4.26. The number of nitrogens with one attached hydrogen (secondary N) is 3. The first kappa shape index (κ1) is 18.7. The summed E-state index contributed by atoms with van der Waals surface area (Å²) in [5.41, 5.74) is 1.24. The molecule has 28 heavy (non-hydrogen) atoms. The number of thiazole rings is 1. The van der Waals surface area contributed by atoms with Crippen LogP contribution in [0.25, 0.3) is 10.2 Å². The van der Waals surface area contributed by atoms with Crippen molar-refractivity contribution in [1.82, 2.24) is 10.3 Å². The number of amides is 2. The normalized spacial score (nSPS) is 14.9. The number of nitrogens with zero attached hydrogens (tertiary/aromatic N) is 1. The summed E-state index contributed by atoms with van der Waals surface area (Å²) in [4.78, 5) is 16.7. The third-order valence-electron chi connectivity index (χ3n) is 4.61. The zero-order valence-electron chi connectivity index (χ0n) is 15.0. The summed E-state index contributed by atoms with van der Waals surface area (Å²) in [6.07, 6.45) is 4.34. The maximum atomic E-state index is 12.4. The number of hydrogen-bond acceptors (Lipinski definition) is 5. The number of carbonyl (C=O) groups is 1. The van der Waals surface area contributed by atoms with Crippen LogP contribution in [-0.2, 0) is 10.0 Å². The minimum absolute atomic E-state index is 0.181. The lowest BCUT2D eigenvalue weighted by atomic mass is 10.2. The van der Waals surface area contributed by atoms with Crippen molar-refractivity contribution < 1.29 is 13.2 Å². The van der Waals surface area contributed by atoms with E-state index in [9.17, 15) is 13.2 Å². The Morgan fingerprint density at radius 3 is 2.57 bits per heavy atom. The van der Waals surface area contributed by atoms with E-state index in [-0.39, 0.29) is 22.1 Å². The molecule has 3 N–H and O–H groups in total. The van der Waals surface area contributed by atoms with Gasteiger partial charge in [0, 0.05) is 11.7 Å². The highest BCUT2D eigenvalue weighted by Gasteiger charge is 2.18. The van der Waals surface area contributed by atoms with Gasteiger partial charge in [0.25, 0.3) is 10.0 Å². The molecule has 1 saturated carbocycles. The first-order valence-corrected chi connectivity index (χ1v) is 11.4. The quantitative estimate of drug-likeness (QED) is 0.581. The molecule has 0 unspecified atom stereocenters. The van der Waals surface area contributed by atoms with Gasteiger partial charge in [-0.2, -0.15) is 0 Å². The van der Waals surface area contributed by atoms with Crippen molar-refractivity contribution >= 4 is 48.4 Å². The van der Waals surface area contributed by atoms with Crippen LogP contribution < -0.4 is 15.4 Å². The summed E-state index contributed by atoms with van der Waals surface area (Å²) in [5, 5.41) is 6.07. The molecule has 9 heteroatoms. The van der Waals surface area contributed by atoms with Gasteiger partial charge in [-0.3, -0.25) is 4.72 Å². The van der Waals surface area contributed by atoms with Crippen LogP contribution in [0.3, 0.4) is 0 Å². The van der Waals surface area contributed by atoms with E-state index in [0.29, 0.717) is 11.2 Å². The van der Waals surface area contributed by atoms with E-state index in [1.807, 2.05) is 6.07 Å². The van der Waals surface area contributed by atoms with Gasteiger partial charge in [-0.1, -0.05) is 42.4 Å². The molecule has 1 heterocycles. The number of carbonyl (C=O) groups excluding carboxylic acids is 1. The monoisotopic (exact) mass is 416 g/mol. The van der Waals surface area contributed by atoms with Crippen molar-refractivity contribution in [2.24, 2.45) is 0 Å². The molecule has 1 aliphatic rings.